The number of aryl methyl sites for hydroxylation is 2. The van der Waals surface area contributed by atoms with Crippen molar-refractivity contribution < 1.29 is 14.4 Å². The van der Waals surface area contributed by atoms with E-state index in [4.69, 9.17) is 0 Å². The van der Waals surface area contributed by atoms with Crippen molar-refractivity contribution >= 4 is 56.8 Å². The summed E-state index contributed by atoms with van der Waals surface area (Å²) in [6.07, 6.45) is 0.0197. The van der Waals surface area contributed by atoms with Gasteiger partial charge in [0.15, 0.2) is 10.3 Å². The lowest BCUT2D eigenvalue weighted by atomic mass is 10.2. The molecule has 2 aromatic rings. The van der Waals surface area contributed by atoms with Crippen LogP contribution in [0.2, 0.25) is 0 Å². The first-order valence-corrected chi connectivity index (χ1v) is 11.7. The predicted molar refractivity (Wildman–Crippen MR) is 126 cm³/mol. The lowest BCUT2D eigenvalue weighted by Crippen LogP contribution is -2.27. The molecule has 1 aliphatic rings. The normalized spacial score (nSPS) is 15.5. The molecule has 1 atom stereocenters. The number of anilines is 2. The number of hydrogen-bond acceptors (Lipinski definition) is 7. The van der Waals surface area contributed by atoms with Gasteiger partial charge in [-0.25, -0.2) is 4.98 Å². The highest BCUT2D eigenvalue weighted by Crippen LogP contribution is 2.27. The second-order valence-electron chi connectivity index (χ2n) is 6.96. The first-order valence-electron chi connectivity index (χ1n) is 10.00. The highest BCUT2D eigenvalue weighted by molar-refractivity contribution is 8.15. The summed E-state index contributed by atoms with van der Waals surface area (Å²) in [5.74, 6) is -0.890. The van der Waals surface area contributed by atoms with Gasteiger partial charge in [-0.1, -0.05) is 17.8 Å². The van der Waals surface area contributed by atoms with Crippen LogP contribution in [0.15, 0.2) is 29.3 Å². The highest BCUT2D eigenvalue weighted by atomic mass is 32.2. The van der Waals surface area contributed by atoms with E-state index in [2.05, 4.69) is 20.6 Å². The van der Waals surface area contributed by atoms with Crippen LogP contribution in [0.4, 0.5) is 10.8 Å². The molecule has 0 fully saturated rings. The zero-order chi connectivity index (χ0) is 22.5. The summed E-state index contributed by atoms with van der Waals surface area (Å²) >= 11 is 2.74. The number of benzene rings is 1. The van der Waals surface area contributed by atoms with E-state index in [-0.39, 0.29) is 24.1 Å². The first-order chi connectivity index (χ1) is 14.8. The number of hydrogen-bond donors (Lipinski definition) is 2. The van der Waals surface area contributed by atoms with Gasteiger partial charge < -0.3 is 10.2 Å². The lowest BCUT2D eigenvalue weighted by Gasteiger charge is -2.19. The minimum Gasteiger partial charge on any atom is -0.352 e. The number of amidine groups is 1. The Kier molecular flexibility index (Phi) is 7.45. The fraction of sp³-hybridized carbons (Fsp3) is 0.381. The summed E-state index contributed by atoms with van der Waals surface area (Å²) in [7, 11) is 0. The molecule has 3 rings (SSSR count). The maximum Gasteiger partial charge on any atom is 0.262 e. The van der Waals surface area contributed by atoms with Gasteiger partial charge in [0.25, 0.3) is 11.8 Å². The molecular weight excluding hydrogens is 434 g/mol. The summed E-state index contributed by atoms with van der Waals surface area (Å²) in [6.45, 7) is 9.34. The van der Waals surface area contributed by atoms with E-state index in [0.717, 1.165) is 23.7 Å². The molecule has 164 valence electrons. The molecule has 2 heterocycles. The van der Waals surface area contributed by atoms with Crippen molar-refractivity contribution in [2.45, 2.75) is 39.4 Å². The number of carbonyl (C=O) groups excluding carboxylic acids is 3. The third-order valence-electron chi connectivity index (χ3n) is 4.79. The summed E-state index contributed by atoms with van der Waals surface area (Å²) < 4.78 is 0. The Morgan fingerprint density at radius 3 is 2.55 bits per heavy atom. The molecular formula is C21H25N5O3S2. The fourth-order valence-electron chi connectivity index (χ4n) is 2.95. The molecule has 10 heteroatoms. The Balaban J connectivity index is 1.59. The van der Waals surface area contributed by atoms with Gasteiger partial charge in [-0.2, -0.15) is 4.99 Å². The Morgan fingerprint density at radius 1 is 1.16 bits per heavy atom. The van der Waals surface area contributed by atoms with Crippen LogP contribution in [0.25, 0.3) is 0 Å². The molecule has 2 N–H and O–H groups in total. The van der Waals surface area contributed by atoms with E-state index < -0.39 is 5.25 Å². The number of aromatic nitrogens is 1. The van der Waals surface area contributed by atoms with E-state index in [1.807, 2.05) is 32.6 Å². The zero-order valence-corrected chi connectivity index (χ0v) is 19.5. The number of nitrogens with zero attached hydrogens (tertiary/aromatic N) is 3. The zero-order valence-electron chi connectivity index (χ0n) is 17.9. The van der Waals surface area contributed by atoms with Crippen molar-refractivity contribution in [3.63, 3.8) is 0 Å². The number of amides is 3. The number of thioether (sulfide) groups is 1. The van der Waals surface area contributed by atoms with E-state index >= 15 is 0 Å². The van der Waals surface area contributed by atoms with Gasteiger partial charge in [-0.15, -0.1) is 11.3 Å². The van der Waals surface area contributed by atoms with Crippen LogP contribution in [-0.2, 0) is 9.59 Å². The van der Waals surface area contributed by atoms with E-state index in [1.165, 1.54) is 23.1 Å². The molecule has 3 amide bonds. The second-order valence-corrected chi connectivity index (χ2v) is 9.33. The van der Waals surface area contributed by atoms with Gasteiger partial charge >= 0.3 is 0 Å². The Morgan fingerprint density at radius 2 is 1.90 bits per heavy atom. The molecule has 0 saturated heterocycles. The maximum atomic E-state index is 12.5. The van der Waals surface area contributed by atoms with Crippen LogP contribution >= 0.6 is 23.1 Å². The third-order valence-corrected chi connectivity index (χ3v) is 6.99. The number of aliphatic imine (C=N–C) groups is 1. The van der Waals surface area contributed by atoms with Crippen LogP contribution in [0.3, 0.4) is 0 Å². The van der Waals surface area contributed by atoms with E-state index in [9.17, 15) is 14.4 Å². The van der Waals surface area contributed by atoms with Gasteiger partial charge in [0.05, 0.1) is 5.69 Å². The van der Waals surface area contributed by atoms with Crippen LogP contribution in [0, 0.1) is 13.8 Å². The van der Waals surface area contributed by atoms with Gasteiger partial charge in [0.1, 0.15) is 5.25 Å². The van der Waals surface area contributed by atoms with Crippen molar-refractivity contribution in [3.05, 3.63) is 40.4 Å². The molecule has 8 nitrogen and oxygen atoms in total. The average molecular weight is 460 g/mol. The molecule has 1 aliphatic heterocycles. The summed E-state index contributed by atoms with van der Waals surface area (Å²) in [6, 6.07) is 6.66. The van der Waals surface area contributed by atoms with Crippen molar-refractivity contribution in [1.82, 2.24) is 9.88 Å². The smallest absolute Gasteiger partial charge is 0.262 e. The molecule has 0 unspecified atom stereocenters. The van der Waals surface area contributed by atoms with Crippen LogP contribution in [-0.4, -0.2) is 51.1 Å². The van der Waals surface area contributed by atoms with Crippen molar-refractivity contribution in [1.29, 1.82) is 0 Å². The van der Waals surface area contributed by atoms with Crippen molar-refractivity contribution in [2.24, 2.45) is 4.99 Å². The minimum absolute atomic E-state index is 0.0197. The summed E-state index contributed by atoms with van der Waals surface area (Å²) in [5, 5.41) is 6.22. The summed E-state index contributed by atoms with van der Waals surface area (Å²) in [5.41, 5.74) is 1.78. The van der Waals surface area contributed by atoms with Gasteiger partial charge in [-0.3, -0.25) is 19.7 Å². The SMILES string of the molecule is CCN(CC)C1=NC(=O)[C@@H](CC(=O)Nc2cccc(C(=O)Nc3nc(C)c(C)s3)c2)S1. The Hall–Kier alpha value is -2.72. The van der Waals surface area contributed by atoms with Crippen LogP contribution in [0.1, 0.15) is 41.2 Å². The lowest BCUT2D eigenvalue weighted by molar-refractivity contribution is -0.121. The largest absolute Gasteiger partial charge is 0.352 e. The molecule has 0 aliphatic carbocycles. The quantitative estimate of drug-likeness (QED) is 0.655. The van der Waals surface area contributed by atoms with Gasteiger partial charge in [0.2, 0.25) is 5.91 Å². The highest BCUT2D eigenvalue weighted by Gasteiger charge is 2.32. The monoisotopic (exact) mass is 459 g/mol. The van der Waals surface area contributed by atoms with Crippen molar-refractivity contribution in [3.8, 4) is 0 Å². The van der Waals surface area contributed by atoms with Gasteiger partial charge in [-0.05, 0) is 45.9 Å². The molecule has 1 aromatic carbocycles. The second kappa shape index (κ2) is 10.1. The molecule has 0 saturated carbocycles. The van der Waals surface area contributed by atoms with Crippen LogP contribution < -0.4 is 10.6 Å². The first kappa shape index (κ1) is 23.0. The Labute approximate surface area is 189 Å². The average Bonchev–Trinajstić information content (AvgIpc) is 3.24. The van der Waals surface area contributed by atoms with Crippen molar-refractivity contribution in [2.75, 3.05) is 23.7 Å². The number of rotatable bonds is 7. The fourth-order valence-corrected chi connectivity index (χ4v) is 4.96. The topological polar surface area (TPSA) is 104 Å². The minimum atomic E-state index is -0.529. The number of carbonyl (C=O) groups is 3. The maximum absolute atomic E-state index is 12.5. The summed E-state index contributed by atoms with van der Waals surface area (Å²) in [4.78, 5) is 48.6. The Bertz CT molecular complexity index is 1010. The standard InChI is InChI=1S/C21H25N5O3S2/c1-5-26(6-2)21-25-19(29)16(31-21)11-17(27)23-15-9-7-8-14(10-15)18(28)24-20-22-12(3)13(4)30-20/h7-10,16H,5-6,11H2,1-4H3,(H,23,27)(H,22,24,28)/t16-/m1/s1. The number of thiazole rings is 1. The van der Waals surface area contributed by atoms with Crippen LogP contribution in [0.5, 0.6) is 0 Å². The van der Waals surface area contributed by atoms with E-state index in [0.29, 0.717) is 21.6 Å². The molecule has 0 bridgehead atoms. The van der Waals surface area contributed by atoms with Gasteiger partial charge in [0, 0.05) is 35.6 Å². The number of nitrogens with one attached hydrogen (secondary N) is 2. The molecule has 0 spiro atoms. The third kappa shape index (κ3) is 5.71. The molecule has 0 radical (unpaired) electrons. The van der Waals surface area contributed by atoms with E-state index in [1.54, 1.807) is 24.3 Å². The molecule has 1 aromatic heterocycles. The molecule has 31 heavy (non-hydrogen) atoms. The predicted octanol–water partition coefficient (Wildman–Crippen LogP) is 3.68.